The Morgan fingerprint density at radius 3 is 2.27 bits per heavy atom. The third kappa shape index (κ3) is 4.74. The minimum Gasteiger partial charge on any atom is -0.345 e. The molecule has 1 aromatic rings. The minimum absolute atomic E-state index is 0.112. The van der Waals surface area contributed by atoms with Crippen molar-refractivity contribution in [2.24, 2.45) is 0 Å². The van der Waals surface area contributed by atoms with Gasteiger partial charge in [0.05, 0.1) is 6.04 Å². The van der Waals surface area contributed by atoms with Gasteiger partial charge in [-0.2, -0.15) is 0 Å². The number of piperazine rings is 1. The summed E-state index contributed by atoms with van der Waals surface area (Å²) in [5, 5.41) is 6.19. The third-order valence-electron chi connectivity index (χ3n) is 4.75. The molecule has 0 bridgehead atoms. The Bertz CT molecular complexity index is 682. The number of halogens is 1. The molecule has 140 valence electrons. The fraction of sp³-hybridized carbons (Fsp3) is 0.500. The molecule has 2 N–H and O–H groups in total. The van der Waals surface area contributed by atoms with Gasteiger partial charge >= 0.3 is 11.8 Å². The van der Waals surface area contributed by atoms with E-state index < -0.39 is 11.8 Å². The lowest BCUT2D eigenvalue weighted by atomic mass is 10.2. The van der Waals surface area contributed by atoms with Crippen LogP contribution < -0.4 is 10.6 Å². The lowest BCUT2D eigenvalue weighted by Gasteiger charge is -2.37. The number of hydrogen-bond acceptors (Lipinski definition) is 4. The fourth-order valence-electron chi connectivity index (χ4n) is 2.88. The molecule has 7 nitrogen and oxygen atoms in total. The summed E-state index contributed by atoms with van der Waals surface area (Å²) in [5.74, 6) is -1.11. The van der Waals surface area contributed by atoms with Crippen molar-refractivity contribution in [3.8, 4) is 0 Å². The predicted octanol–water partition coefficient (Wildman–Crippen LogP) is 1.09. The van der Waals surface area contributed by atoms with E-state index in [1.54, 1.807) is 29.2 Å². The Balaban J connectivity index is 1.47. The highest BCUT2D eigenvalue weighted by Gasteiger charge is 2.32. The Kier molecular flexibility index (Phi) is 5.78. The minimum atomic E-state index is -0.519. The normalized spacial score (nSPS) is 18.9. The van der Waals surface area contributed by atoms with Gasteiger partial charge in [-0.3, -0.25) is 19.3 Å². The van der Waals surface area contributed by atoms with Crippen molar-refractivity contribution in [1.82, 2.24) is 15.1 Å². The number of nitrogens with zero attached hydrogens (tertiary/aromatic N) is 2. The number of benzene rings is 1. The second-order valence-corrected chi connectivity index (χ2v) is 7.18. The van der Waals surface area contributed by atoms with Crippen LogP contribution in [-0.4, -0.2) is 65.8 Å². The first kappa shape index (κ1) is 18.7. The maximum absolute atomic E-state index is 12.4. The third-order valence-corrected chi connectivity index (χ3v) is 5.00. The molecule has 1 saturated heterocycles. The van der Waals surface area contributed by atoms with Crippen LogP contribution in [0.2, 0.25) is 5.02 Å². The Morgan fingerprint density at radius 2 is 1.69 bits per heavy atom. The van der Waals surface area contributed by atoms with Crippen LogP contribution in [0.1, 0.15) is 19.8 Å². The number of nitrogens with one attached hydrogen (secondary N) is 2. The molecule has 2 fully saturated rings. The molecule has 1 heterocycles. The van der Waals surface area contributed by atoms with Crippen molar-refractivity contribution in [3.05, 3.63) is 29.3 Å². The summed E-state index contributed by atoms with van der Waals surface area (Å²) in [7, 11) is 0. The van der Waals surface area contributed by atoms with Gasteiger partial charge in [0.15, 0.2) is 0 Å². The summed E-state index contributed by atoms with van der Waals surface area (Å²) in [6, 6.07) is 6.79. The molecule has 3 rings (SSSR count). The Morgan fingerprint density at radius 1 is 1.08 bits per heavy atom. The molecule has 3 amide bonds. The van der Waals surface area contributed by atoms with Crippen LogP contribution in [0.15, 0.2) is 24.3 Å². The molecule has 0 spiro atoms. The molecule has 1 aliphatic heterocycles. The second-order valence-electron chi connectivity index (χ2n) is 6.75. The fourth-order valence-corrected chi connectivity index (χ4v) is 3.00. The molecule has 1 unspecified atom stereocenters. The Hall–Kier alpha value is -2.12. The summed E-state index contributed by atoms with van der Waals surface area (Å²) >= 11 is 5.84. The number of carbonyl (C=O) groups is 3. The number of rotatable bonds is 4. The van der Waals surface area contributed by atoms with Crippen molar-refractivity contribution in [1.29, 1.82) is 0 Å². The summed E-state index contributed by atoms with van der Waals surface area (Å²) in [6.07, 6.45) is 1.90. The van der Waals surface area contributed by atoms with Crippen LogP contribution in [0, 0.1) is 0 Å². The van der Waals surface area contributed by atoms with Crippen LogP contribution in [0.25, 0.3) is 0 Å². The molecule has 1 saturated carbocycles. The van der Waals surface area contributed by atoms with Gasteiger partial charge in [-0.1, -0.05) is 11.6 Å². The molecule has 0 aromatic heterocycles. The predicted molar refractivity (Wildman–Crippen MR) is 98.9 cm³/mol. The monoisotopic (exact) mass is 378 g/mol. The van der Waals surface area contributed by atoms with Gasteiger partial charge in [-0.15, -0.1) is 0 Å². The lowest BCUT2D eigenvalue weighted by Crippen LogP contribution is -2.56. The second kappa shape index (κ2) is 8.05. The van der Waals surface area contributed by atoms with E-state index in [2.05, 4.69) is 10.6 Å². The topological polar surface area (TPSA) is 81.8 Å². The zero-order chi connectivity index (χ0) is 18.7. The van der Waals surface area contributed by atoms with Crippen molar-refractivity contribution < 1.29 is 14.4 Å². The smallest absolute Gasteiger partial charge is 0.311 e. The van der Waals surface area contributed by atoms with Crippen molar-refractivity contribution in [3.63, 3.8) is 0 Å². The highest BCUT2D eigenvalue weighted by molar-refractivity contribution is 6.35. The zero-order valence-corrected chi connectivity index (χ0v) is 15.5. The van der Waals surface area contributed by atoms with Gasteiger partial charge in [0, 0.05) is 42.9 Å². The quantitative estimate of drug-likeness (QED) is 0.768. The van der Waals surface area contributed by atoms with E-state index in [-0.39, 0.29) is 18.0 Å². The van der Waals surface area contributed by atoms with Crippen LogP contribution in [0.5, 0.6) is 0 Å². The summed E-state index contributed by atoms with van der Waals surface area (Å²) in [4.78, 5) is 40.0. The molecule has 1 aliphatic carbocycles. The highest BCUT2D eigenvalue weighted by atomic mass is 35.5. The van der Waals surface area contributed by atoms with Gasteiger partial charge in [0.1, 0.15) is 0 Å². The standard InChI is InChI=1S/C18H23ClN4O3/c1-12(16(24)20-14-4-2-13(19)3-5-14)22-8-10-23(11-9-22)18(26)17(25)21-15-6-7-15/h2-5,12,15H,6-11H2,1H3,(H,20,24)(H,21,25). The average molecular weight is 379 g/mol. The maximum Gasteiger partial charge on any atom is 0.311 e. The van der Waals surface area contributed by atoms with Gasteiger partial charge in [-0.25, -0.2) is 0 Å². The lowest BCUT2D eigenvalue weighted by molar-refractivity contribution is -0.147. The van der Waals surface area contributed by atoms with E-state index in [0.717, 1.165) is 12.8 Å². The van der Waals surface area contributed by atoms with E-state index in [4.69, 9.17) is 11.6 Å². The number of amides is 3. The molecular weight excluding hydrogens is 356 g/mol. The first-order chi connectivity index (χ1) is 12.4. The molecule has 8 heteroatoms. The van der Waals surface area contributed by atoms with E-state index in [0.29, 0.717) is 36.9 Å². The highest BCUT2D eigenvalue weighted by Crippen LogP contribution is 2.19. The van der Waals surface area contributed by atoms with E-state index in [1.165, 1.54) is 0 Å². The van der Waals surface area contributed by atoms with Crippen LogP contribution in [-0.2, 0) is 14.4 Å². The SMILES string of the molecule is CC(C(=O)Nc1ccc(Cl)cc1)N1CCN(C(=O)C(=O)NC2CC2)CC1. The first-order valence-corrected chi connectivity index (χ1v) is 9.22. The molecular formula is C18H23ClN4O3. The maximum atomic E-state index is 12.4. The van der Waals surface area contributed by atoms with Gasteiger partial charge < -0.3 is 15.5 Å². The van der Waals surface area contributed by atoms with Crippen molar-refractivity contribution >= 4 is 35.0 Å². The summed E-state index contributed by atoms with van der Waals surface area (Å²) in [5.41, 5.74) is 0.691. The van der Waals surface area contributed by atoms with Crippen molar-refractivity contribution in [2.45, 2.75) is 31.8 Å². The first-order valence-electron chi connectivity index (χ1n) is 8.84. The number of hydrogen-bond donors (Lipinski definition) is 2. The summed E-state index contributed by atoms with van der Waals surface area (Å²) in [6.45, 7) is 3.82. The molecule has 2 aliphatic rings. The van der Waals surface area contributed by atoms with Gasteiger partial charge in [0.25, 0.3) is 0 Å². The van der Waals surface area contributed by atoms with Crippen LogP contribution in [0.4, 0.5) is 5.69 Å². The Labute approximate surface area is 157 Å². The summed E-state index contributed by atoms with van der Waals surface area (Å²) < 4.78 is 0. The average Bonchev–Trinajstić information content (AvgIpc) is 3.46. The van der Waals surface area contributed by atoms with E-state index in [9.17, 15) is 14.4 Å². The van der Waals surface area contributed by atoms with Crippen LogP contribution in [0.3, 0.4) is 0 Å². The molecule has 26 heavy (non-hydrogen) atoms. The van der Waals surface area contributed by atoms with E-state index >= 15 is 0 Å². The largest absolute Gasteiger partial charge is 0.345 e. The number of carbonyl (C=O) groups excluding carboxylic acids is 3. The molecule has 1 aromatic carbocycles. The van der Waals surface area contributed by atoms with Crippen molar-refractivity contribution in [2.75, 3.05) is 31.5 Å². The van der Waals surface area contributed by atoms with E-state index in [1.807, 2.05) is 11.8 Å². The molecule has 0 radical (unpaired) electrons. The zero-order valence-electron chi connectivity index (χ0n) is 14.7. The molecule has 1 atom stereocenters. The van der Waals surface area contributed by atoms with Gasteiger partial charge in [0.2, 0.25) is 5.91 Å². The van der Waals surface area contributed by atoms with Gasteiger partial charge in [-0.05, 0) is 44.0 Å². The number of anilines is 1. The van der Waals surface area contributed by atoms with Crippen LogP contribution >= 0.6 is 11.6 Å².